The fourth-order valence-electron chi connectivity index (χ4n) is 1.24. The van der Waals surface area contributed by atoms with Crippen molar-refractivity contribution in [1.82, 2.24) is 0 Å². The van der Waals surface area contributed by atoms with Crippen LogP contribution in [-0.4, -0.2) is 18.0 Å². The van der Waals surface area contributed by atoms with E-state index < -0.39 is 0 Å². The summed E-state index contributed by atoms with van der Waals surface area (Å²) in [6.07, 6.45) is 3.92. The Bertz CT molecular complexity index is 108. The molecule has 0 spiro atoms. The van der Waals surface area contributed by atoms with Gasteiger partial charge in [0.05, 0.1) is 0 Å². The number of carbonyl (C=O) groups is 1. The molecule has 0 radical (unpaired) electrons. The smallest absolute Gasteiger partial charge is 0.293 e. The highest BCUT2D eigenvalue weighted by Gasteiger charge is 2.19. The SMILES string of the molecule is O=CO[C@H]1CC[C@@H](Cl)CC1. The zero-order valence-corrected chi connectivity index (χ0v) is 6.51. The third-order valence-corrected chi connectivity index (χ3v) is 2.29. The van der Waals surface area contributed by atoms with E-state index in [1.165, 1.54) is 0 Å². The molecule has 0 saturated heterocycles. The fourth-order valence-corrected chi connectivity index (χ4v) is 1.49. The molecule has 0 aliphatic heterocycles. The van der Waals surface area contributed by atoms with E-state index in [9.17, 15) is 4.79 Å². The summed E-state index contributed by atoms with van der Waals surface area (Å²) < 4.78 is 4.79. The summed E-state index contributed by atoms with van der Waals surface area (Å²) in [5, 5.41) is 0.298. The maximum Gasteiger partial charge on any atom is 0.293 e. The average Bonchev–Trinajstić information content (AvgIpc) is 1.95. The van der Waals surface area contributed by atoms with Crippen LogP contribution in [0.25, 0.3) is 0 Å². The van der Waals surface area contributed by atoms with Crippen molar-refractivity contribution in [3.05, 3.63) is 0 Å². The molecule has 0 aromatic heterocycles. The van der Waals surface area contributed by atoms with E-state index in [4.69, 9.17) is 16.3 Å². The molecule has 0 amide bonds. The molecule has 0 aromatic rings. The summed E-state index contributed by atoms with van der Waals surface area (Å²) in [6, 6.07) is 0. The monoisotopic (exact) mass is 162 g/mol. The van der Waals surface area contributed by atoms with Gasteiger partial charge >= 0.3 is 0 Å². The molecule has 0 atom stereocenters. The summed E-state index contributed by atoms with van der Waals surface area (Å²) in [5.41, 5.74) is 0. The van der Waals surface area contributed by atoms with Crippen molar-refractivity contribution in [2.45, 2.75) is 37.2 Å². The lowest BCUT2D eigenvalue weighted by Gasteiger charge is -2.22. The first-order valence-electron chi connectivity index (χ1n) is 3.56. The Balaban J connectivity index is 2.19. The van der Waals surface area contributed by atoms with E-state index in [0.29, 0.717) is 11.8 Å². The summed E-state index contributed by atoms with van der Waals surface area (Å²) in [6.45, 7) is 0.527. The van der Waals surface area contributed by atoms with E-state index in [2.05, 4.69) is 0 Å². The first kappa shape index (κ1) is 7.86. The van der Waals surface area contributed by atoms with Crippen LogP contribution in [-0.2, 0) is 9.53 Å². The normalized spacial score (nSPS) is 33.3. The second-order valence-electron chi connectivity index (χ2n) is 2.61. The Morgan fingerprint density at radius 3 is 2.40 bits per heavy atom. The van der Waals surface area contributed by atoms with Crippen LogP contribution in [0.3, 0.4) is 0 Å². The van der Waals surface area contributed by atoms with Crippen LogP contribution in [0.5, 0.6) is 0 Å². The van der Waals surface area contributed by atoms with Gasteiger partial charge in [-0.05, 0) is 25.7 Å². The minimum absolute atomic E-state index is 0.132. The Hall–Kier alpha value is -0.240. The lowest BCUT2D eigenvalue weighted by Crippen LogP contribution is -2.21. The molecule has 1 fully saturated rings. The molecule has 0 unspecified atom stereocenters. The van der Waals surface area contributed by atoms with Crippen molar-refractivity contribution >= 4 is 18.1 Å². The van der Waals surface area contributed by atoms with Crippen LogP contribution in [0.1, 0.15) is 25.7 Å². The molecule has 0 aromatic carbocycles. The van der Waals surface area contributed by atoms with Crippen LogP contribution in [0.4, 0.5) is 0 Å². The topological polar surface area (TPSA) is 26.3 Å². The van der Waals surface area contributed by atoms with Crippen LogP contribution < -0.4 is 0 Å². The highest BCUT2D eigenvalue weighted by atomic mass is 35.5. The number of alkyl halides is 1. The predicted octanol–water partition coefficient (Wildman–Crippen LogP) is 1.71. The highest BCUT2D eigenvalue weighted by molar-refractivity contribution is 6.20. The highest BCUT2D eigenvalue weighted by Crippen LogP contribution is 2.24. The van der Waals surface area contributed by atoms with Gasteiger partial charge in [-0.25, -0.2) is 0 Å². The van der Waals surface area contributed by atoms with Crippen molar-refractivity contribution in [2.75, 3.05) is 0 Å². The van der Waals surface area contributed by atoms with Gasteiger partial charge < -0.3 is 4.74 Å². The lowest BCUT2D eigenvalue weighted by molar-refractivity contribution is -0.134. The van der Waals surface area contributed by atoms with Gasteiger partial charge in [0.2, 0.25) is 0 Å². The largest absolute Gasteiger partial charge is 0.465 e. The van der Waals surface area contributed by atoms with Crippen molar-refractivity contribution in [3.8, 4) is 0 Å². The summed E-state index contributed by atoms with van der Waals surface area (Å²) >= 11 is 5.84. The van der Waals surface area contributed by atoms with E-state index >= 15 is 0 Å². The number of halogens is 1. The predicted molar refractivity (Wildman–Crippen MR) is 39.0 cm³/mol. The first-order valence-corrected chi connectivity index (χ1v) is 3.99. The average molecular weight is 163 g/mol. The van der Waals surface area contributed by atoms with Crippen molar-refractivity contribution in [1.29, 1.82) is 0 Å². The molecule has 10 heavy (non-hydrogen) atoms. The zero-order valence-electron chi connectivity index (χ0n) is 5.75. The zero-order chi connectivity index (χ0) is 7.40. The van der Waals surface area contributed by atoms with Crippen molar-refractivity contribution < 1.29 is 9.53 Å². The minimum atomic E-state index is 0.132. The Labute approximate surface area is 65.5 Å². The Kier molecular flexibility index (Phi) is 3.00. The van der Waals surface area contributed by atoms with Gasteiger partial charge in [0.15, 0.2) is 0 Å². The molecule has 58 valence electrons. The molecule has 1 aliphatic carbocycles. The van der Waals surface area contributed by atoms with Gasteiger partial charge in [-0.3, -0.25) is 4.79 Å². The second-order valence-corrected chi connectivity index (χ2v) is 3.22. The number of carbonyl (C=O) groups excluding carboxylic acids is 1. The molecule has 1 saturated carbocycles. The van der Waals surface area contributed by atoms with E-state index in [-0.39, 0.29) is 6.10 Å². The Morgan fingerprint density at radius 2 is 1.90 bits per heavy atom. The summed E-state index contributed by atoms with van der Waals surface area (Å²) in [4.78, 5) is 9.90. The van der Waals surface area contributed by atoms with Gasteiger partial charge in [-0.1, -0.05) is 0 Å². The van der Waals surface area contributed by atoms with Crippen LogP contribution >= 0.6 is 11.6 Å². The van der Waals surface area contributed by atoms with E-state index in [1.54, 1.807) is 0 Å². The van der Waals surface area contributed by atoms with Crippen LogP contribution in [0, 0.1) is 0 Å². The maximum absolute atomic E-state index is 9.90. The van der Waals surface area contributed by atoms with Gasteiger partial charge in [0, 0.05) is 5.38 Å². The lowest BCUT2D eigenvalue weighted by atomic mass is 9.97. The first-order chi connectivity index (χ1) is 4.83. The van der Waals surface area contributed by atoms with Gasteiger partial charge in [-0.15, -0.1) is 11.6 Å². The molecule has 1 aliphatic rings. The second kappa shape index (κ2) is 3.81. The third-order valence-electron chi connectivity index (χ3n) is 1.85. The molecular formula is C7H11ClO2. The van der Waals surface area contributed by atoms with Crippen LogP contribution in [0.15, 0.2) is 0 Å². The fraction of sp³-hybridized carbons (Fsp3) is 0.857. The van der Waals surface area contributed by atoms with Crippen LogP contribution in [0.2, 0.25) is 0 Å². The number of hydrogen-bond donors (Lipinski definition) is 0. The van der Waals surface area contributed by atoms with E-state index in [0.717, 1.165) is 25.7 Å². The minimum Gasteiger partial charge on any atom is -0.465 e. The quantitative estimate of drug-likeness (QED) is 0.457. The van der Waals surface area contributed by atoms with Gasteiger partial charge in [0.1, 0.15) is 6.10 Å². The molecule has 0 heterocycles. The van der Waals surface area contributed by atoms with Gasteiger partial charge in [-0.2, -0.15) is 0 Å². The van der Waals surface area contributed by atoms with Gasteiger partial charge in [0.25, 0.3) is 6.47 Å². The van der Waals surface area contributed by atoms with Crippen molar-refractivity contribution in [2.24, 2.45) is 0 Å². The molecule has 2 nitrogen and oxygen atoms in total. The number of ether oxygens (including phenoxy) is 1. The standard InChI is InChI=1S/C7H11ClO2/c8-6-1-3-7(4-2-6)10-5-9/h5-7H,1-4H2/t6-,7+. The maximum atomic E-state index is 9.90. The number of rotatable bonds is 2. The molecule has 1 rings (SSSR count). The van der Waals surface area contributed by atoms with Crippen molar-refractivity contribution in [3.63, 3.8) is 0 Å². The Morgan fingerprint density at radius 1 is 1.30 bits per heavy atom. The molecule has 0 N–H and O–H groups in total. The number of hydrogen-bond acceptors (Lipinski definition) is 2. The summed E-state index contributed by atoms with van der Waals surface area (Å²) in [7, 11) is 0. The molecule has 3 heteroatoms. The molecule has 0 bridgehead atoms. The molecular weight excluding hydrogens is 152 g/mol. The summed E-state index contributed by atoms with van der Waals surface area (Å²) in [5.74, 6) is 0. The third kappa shape index (κ3) is 2.18. The van der Waals surface area contributed by atoms with E-state index in [1.807, 2.05) is 0 Å².